The van der Waals surface area contributed by atoms with Gasteiger partial charge in [-0.3, -0.25) is 4.79 Å². The molecule has 0 atom stereocenters. The van der Waals surface area contributed by atoms with Gasteiger partial charge in [0.25, 0.3) is 5.91 Å². The van der Waals surface area contributed by atoms with E-state index in [1.54, 1.807) is 25.3 Å². The van der Waals surface area contributed by atoms with Crippen molar-refractivity contribution in [3.8, 4) is 5.75 Å². The third-order valence-electron chi connectivity index (χ3n) is 3.86. The molecule has 4 heteroatoms. The highest BCUT2D eigenvalue weighted by Crippen LogP contribution is 2.28. The number of nitrogens with two attached hydrogens (primary N) is 1. The van der Waals surface area contributed by atoms with Crippen LogP contribution in [0.15, 0.2) is 18.2 Å². The number of carbonyl (C=O) groups is 1. The van der Waals surface area contributed by atoms with Gasteiger partial charge in [0.2, 0.25) is 0 Å². The van der Waals surface area contributed by atoms with Crippen LogP contribution in [0.1, 0.15) is 49.4 Å². The van der Waals surface area contributed by atoms with E-state index in [4.69, 9.17) is 10.5 Å². The van der Waals surface area contributed by atoms with E-state index in [0.29, 0.717) is 17.0 Å². The summed E-state index contributed by atoms with van der Waals surface area (Å²) in [5.74, 6) is 0.541. The van der Waals surface area contributed by atoms with Gasteiger partial charge in [-0.1, -0.05) is 19.3 Å². The Morgan fingerprint density at radius 1 is 1.32 bits per heavy atom. The summed E-state index contributed by atoms with van der Waals surface area (Å²) in [6, 6.07) is 5.14. The molecule has 4 nitrogen and oxygen atoms in total. The molecular weight excluding hydrogens is 240 g/mol. The molecule has 1 amide bonds. The molecule has 1 aromatic carbocycles. The topological polar surface area (TPSA) is 64.3 Å². The minimum absolute atomic E-state index is 0.0567. The van der Waals surface area contributed by atoms with E-state index in [9.17, 15) is 4.79 Å². The van der Waals surface area contributed by atoms with Gasteiger partial charge in [0.15, 0.2) is 0 Å². The molecule has 0 bridgehead atoms. The highest BCUT2D eigenvalue weighted by molar-refractivity contribution is 5.95. The van der Waals surface area contributed by atoms with E-state index >= 15 is 0 Å². The Morgan fingerprint density at radius 3 is 2.58 bits per heavy atom. The molecule has 0 unspecified atom stereocenters. The molecule has 3 N–H and O–H groups in total. The predicted molar refractivity (Wildman–Crippen MR) is 76.4 cm³/mol. The van der Waals surface area contributed by atoms with E-state index in [0.717, 1.165) is 12.8 Å². The number of rotatable bonds is 3. The third kappa shape index (κ3) is 3.19. The Kier molecular flexibility index (Phi) is 3.98. The number of benzene rings is 1. The van der Waals surface area contributed by atoms with Gasteiger partial charge in [-0.05, 0) is 38.0 Å². The van der Waals surface area contributed by atoms with E-state index in [1.165, 1.54) is 19.3 Å². The second-order valence-electron chi connectivity index (χ2n) is 5.53. The summed E-state index contributed by atoms with van der Waals surface area (Å²) >= 11 is 0. The van der Waals surface area contributed by atoms with Crippen molar-refractivity contribution in [1.29, 1.82) is 0 Å². The first-order valence-corrected chi connectivity index (χ1v) is 6.80. The molecule has 0 aliphatic heterocycles. The number of amides is 1. The Balaban J connectivity index is 2.09. The zero-order chi connectivity index (χ0) is 13.9. The Hall–Kier alpha value is -1.71. The van der Waals surface area contributed by atoms with Gasteiger partial charge >= 0.3 is 0 Å². The van der Waals surface area contributed by atoms with E-state index in [-0.39, 0.29) is 11.4 Å². The van der Waals surface area contributed by atoms with Crippen molar-refractivity contribution in [2.24, 2.45) is 0 Å². The van der Waals surface area contributed by atoms with Crippen molar-refractivity contribution < 1.29 is 9.53 Å². The smallest absolute Gasteiger partial charge is 0.251 e. The average molecular weight is 262 g/mol. The van der Waals surface area contributed by atoms with Crippen LogP contribution in [0.3, 0.4) is 0 Å². The standard InChI is InChI=1S/C15H22N2O2/c1-15(8-4-3-5-9-15)17-14(18)11-6-7-13(19-2)12(16)10-11/h6-7,10H,3-5,8-9,16H2,1-2H3,(H,17,18). The van der Waals surface area contributed by atoms with E-state index in [1.807, 2.05) is 0 Å². The summed E-state index contributed by atoms with van der Waals surface area (Å²) in [6.45, 7) is 2.12. The van der Waals surface area contributed by atoms with Crippen LogP contribution in [-0.2, 0) is 0 Å². The minimum atomic E-state index is -0.0793. The van der Waals surface area contributed by atoms with Crippen LogP contribution in [0, 0.1) is 0 Å². The molecule has 1 saturated carbocycles. The third-order valence-corrected chi connectivity index (χ3v) is 3.86. The second-order valence-corrected chi connectivity index (χ2v) is 5.53. The molecule has 19 heavy (non-hydrogen) atoms. The lowest BCUT2D eigenvalue weighted by atomic mass is 9.83. The highest BCUT2D eigenvalue weighted by Gasteiger charge is 2.28. The van der Waals surface area contributed by atoms with Crippen molar-refractivity contribution in [2.45, 2.75) is 44.6 Å². The van der Waals surface area contributed by atoms with Crippen molar-refractivity contribution in [1.82, 2.24) is 5.32 Å². The van der Waals surface area contributed by atoms with Gasteiger partial charge in [0.1, 0.15) is 5.75 Å². The largest absolute Gasteiger partial charge is 0.495 e. The van der Waals surface area contributed by atoms with Crippen LogP contribution in [0.4, 0.5) is 5.69 Å². The Morgan fingerprint density at radius 2 is 2.00 bits per heavy atom. The molecular formula is C15H22N2O2. The van der Waals surface area contributed by atoms with E-state index < -0.39 is 0 Å². The summed E-state index contributed by atoms with van der Waals surface area (Å²) in [4.78, 5) is 12.3. The number of hydrogen-bond donors (Lipinski definition) is 2. The number of hydrogen-bond acceptors (Lipinski definition) is 3. The molecule has 104 valence electrons. The molecule has 0 radical (unpaired) electrons. The maximum absolute atomic E-state index is 12.3. The summed E-state index contributed by atoms with van der Waals surface area (Å²) in [5, 5.41) is 3.14. The quantitative estimate of drug-likeness (QED) is 0.823. The normalized spacial score (nSPS) is 17.8. The molecule has 2 rings (SSSR count). The fraction of sp³-hybridized carbons (Fsp3) is 0.533. The monoisotopic (exact) mass is 262 g/mol. The summed E-state index contributed by atoms with van der Waals surface area (Å²) in [5.41, 5.74) is 6.83. The average Bonchev–Trinajstić information content (AvgIpc) is 2.39. The molecule has 1 aliphatic carbocycles. The van der Waals surface area contributed by atoms with Crippen LogP contribution in [0.25, 0.3) is 0 Å². The second kappa shape index (κ2) is 5.51. The molecule has 1 fully saturated rings. The summed E-state index contributed by atoms with van der Waals surface area (Å²) in [7, 11) is 1.56. The number of nitrogens with one attached hydrogen (secondary N) is 1. The first-order valence-electron chi connectivity index (χ1n) is 6.80. The maximum atomic E-state index is 12.3. The Labute approximate surface area is 114 Å². The van der Waals surface area contributed by atoms with Gasteiger partial charge in [-0.25, -0.2) is 0 Å². The van der Waals surface area contributed by atoms with Crippen LogP contribution in [0.5, 0.6) is 5.75 Å². The minimum Gasteiger partial charge on any atom is -0.495 e. The van der Waals surface area contributed by atoms with Gasteiger partial charge in [0, 0.05) is 11.1 Å². The lowest BCUT2D eigenvalue weighted by molar-refractivity contribution is 0.0882. The van der Waals surface area contributed by atoms with Gasteiger partial charge in [-0.15, -0.1) is 0 Å². The van der Waals surface area contributed by atoms with Gasteiger partial charge in [0.05, 0.1) is 12.8 Å². The lowest BCUT2D eigenvalue weighted by Gasteiger charge is -2.34. The number of nitrogen functional groups attached to an aromatic ring is 1. The first kappa shape index (κ1) is 13.7. The van der Waals surface area contributed by atoms with Crippen molar-refractivity contribution >= 4 is 11.6 Å². The first-order chi connectivity index (χ1) is 9.04. The van der Waals surface area contributed by atoms with Gasteiger partial charge < -0.3 is 15.8 Å². The van der Waals surface area contributed by atoms with Crippen LogP contribution < -0.4 is 15.8 Å². The molecule has 0 aromatic heterocycles. The number of ether oxygens (including phenoxy) is 1. The van der Waals surface area contributed by atoms with Crippen LogP contribution >= 0.6 is 0 Å². The van der Waals surface area contributed by atoms with Crippen molar-refractivity contribution in [3.63, 3.8) is 0 Å². The zero-order valence-electron chi connectivity index (χ0n) is 11.7. The zero-order valence-corrected chi connectivity index (χ0v) is 11.7. The molecule has 0 heterocycles. The predicted octanol–water partition coefficient (Wildman–Crippen LogP) is 2.73. The molecule has 0 spiro atoms. The fourth-order valence-electron chi connectivity index (χ4n) is 2.68. The van der Waals surface area contributed by atoms with Crippen molar-refractivity contribution in [3.05, 3.63) is 23.8 Å². The van der Waals surface area contributed by atoms with Crippen LogP contribution in [-0.4, -0.2) is 18.6 Å². The number of anilines is 1. The number of carbonyl (C=O) groups excluding carboxylic acids is 1. The van der Waals surface area contributed by atoms with E-state index in [2.05, 4.69) is 12.2 Å². The van der Waals surface area contributed by atoms with Crippen molar-refractivity contribution in [2.75, 3.05) is 12.8 Å². The van der Waals surface area contributed by atoms with Crippen LogP contribution in [0.2, 0.25) is 0 Å². The lowest BCUT2D eigenvalue weighted by Crippen LogP contribution is -2.47. The fourth-order valence-corrected chi connectivity index (χ4v) is 2.68. The summed E-state index contributed by atoms with van der Waals surface area (Å²) < 4.78 is 5.09. The molecule has 1 aromatic rings. The molecule has 1 aliphatic rings. The maximum Gasteiger partial charge on any atom is 0.251 e. The highest BCUT2D eigenvalue weighted by atomic mass is 16.5. The molecule has 0 saturated heterocycles. The SMILES string of the molecule is COc1ccc(C(=O)NC2(C)CCCCC2)cc1N. The van der Waals surface area contributed by atoms with Gasteiger partial charge in [-0.2, -0.15) is 0 Å². The number of methoxy groups -OCH3 is 1. The summed E-state index contributed by atoms with van der Waals surface area (Å²) in [6.07, 6.45) is 5.72. The Bertz CT molecular complexity index is 465.